The molecule has 7 nitrogen and oxygen atoms in total. The summed E-state index contributed by atoms with van der Waals surface area (Å²) in [6, 6.07) is 5.94. The largest absolute Gasteiger partial charge is 0.417 e. The summed E-state index contributed by atoms with van der Waals surface area (Å²) < 4.78 is 52.6. The Hall–Kier alpha value is -3.50. The lowest BCUT2D eigenvalue weighted by Crippen LogP contribution is -2.64. The summed E-state index contributed by atoms with van der Waals surface area (Å²) in [5.41, 5.74) is -0.291. The number of hydrogen-bond acceptors (Lipinski definition) is 5. The van der Waals surface area contributed by atoms with Crippen LogP contribution in [0.3, 0.4) is 0 Å². The van der Waals surface area contributed by atoms with Crippen molar-refractivity contribution in [2.24, 2.45) is 11.8 Å². The van der Waals surface area contributed by atoms with E-state index in [-0.39, 0.29) is 29.5 Å². The number of amides is 1. The Kier molecular flexibility index (Phi) is 5.49. The number of nitrogens with one attached hydrogen (secondary N) is 1. The molecule has 1 amide bonds. The van der Waals surface area contributed by atoms with Gasteiger partial charge in [0.25, 0.3) is 5.91 Å². The van der Waals surface area contributed by atoms with E-state index in [4.69, 9.17) is 0 Å². The summed E-state index contributed by atoms with van der Waals surface area (Å²) >= 11 is 0. The van der Waals surface area contributed by atoms with Crippen LogP contribution in [0.5, 0.6) is 0 Å². The molecule has 0 unspecified atom stereocenters. The topological polar surface area (TPSA) is 75.9 Å². The zero-order valence-corrected chi connectivity index (χ0v) is 18.2. The first-order valence-electron chi connectivity index (χ1n) is 11.0. The normalized spacial score (nSPS) is 24.0. The molecule has 2 aliphatic heterocycles. The van der Waals surface area contributed by atoms with E-state index in [1.54, 1.807) is 4.90 Å². The first-order chi connectivity index (χ1) is 16.2. The van der Waals surface area contributed by atoms with Gasteiger partial charge in [0, 0.05) is 18.8 Å². The summed E-state index contributed by atoms with van der Waals surface area (Å²) in [6.07, 6.45) is 1.00. The molecule has 11 heteroatoms. The van der Waals surface area contributed by atoms with Gasteiger partial charge in [-0.05, 0) is 55.0 Å². The lowest BCUT2D eigenvalue weighted by molar-refractivity contribution is -0.137. The van der Waals surface area contributed by atoms with Crippen LogP contribution in [0.2, 0.25) is 0 Å². The van der Waals surface area contributed by atoms with Crippen molar-refractivity contribution in [1.29, 1.82) is 0 Å². The van der Waals surface area contributed by atoms with Crippen molar-refractivity contribution < 1.29 is 22.4 Å². The van der Waals surface area contributed by atoms with Crippen LogP contribution in [0, 0.1) is 17.7 Å². The SMILES string of the molecule is C[C@H]1C2CC(C2)N(C(=O)c2cc(F)ccc2-n2nccn2)[C@H]1CNc1ccc(C(F)(F)F)cn1. The number of fused-ring (bicyclic) bond motifs is 2. The second kappa shape index (κ2) is 8.37. The van der Waals surface area contributed by atoms with E-state index in [0.29, 0.717) is 24.0 Å². The van der Waals surface area contributed by atoms with Gasteiger partial charge in [-0.2, -0.15) is 28.2 Å². The molecule has 2 saturated heterocycles. The highest BCUT2D eigenvalue weighted by Crippen LogP contribution is 2.47. The van der Waals surface area contributed by atoms with Crippen LogP contribution in [-0.2, 0) is 6.18 Å². The van der Waals surface area contributed by atoms with Crippen LogP contribution in [-0.4, -0.2) is 49.4 Å². The Balaban J connectivity index is 1.40. The molecule has 2 aromatic heterocycles. The molecule has 3 aliphatic rings. The summed E-state index contributed by atoms with van der Waals surface area (Å²) in [7, 11) is 0. The van der Waals surface area contributed by atoms with Crippen LogP contribution in [0.25, 0.3) is 5.69 Å². The fourth-order valence-corrected chi connectivity index (χ4v) is 4.93. The minimum atomic E-state index is -4.46. The number of nitrogens with zero attached hydrogens (tertiary/aromatic N) is 5. The number of rotatable bonds is 5. The van der Waals surface area contributed by atoms with Crippen LogP contribution < -0.4 is 5.32 Å². The molecule has 3 fully saturated rings. The summed E-state index contributed by atoms with van der Waals surface area (Å²) in [5.74, 6) is 0.0318. The first kappa shape index (κ1) is 22.3. The molecule has 1 saturated carbocycles. The molecule has 2 bridgehead atoms. The number of pyridine rings is 1. The van der Waals surface area contributed by atoms with Gasteiger partial charge in [0.05, 0.1) is 35.2 Å². The number of anilines is 1. The van der Waals surface area contributed by atoms with Crippen molar-refractivity contribution in [1.82, 2.24) is 24.9 Å². The van der Waals surface area contributed by atoms with Crippen molar-refractivity contribution in [3.8, 4) is 5.69 Å². The third-order valence-corrected chi connectivity index (χ3v) is 6.89. The van der Waals surface area contributed by atoms with E-state index in [1.165, 1.54) is 41.5 Å². The lowest BCUT2D eigenvalue weighted by Gasteiger charge is -2.57. The van der Waals surface area contributed by atoms with Gasteiger partial charge in [-0.25, -0.2) is 9.37 Å². The zero-order valence-electron chi connectivity index (χ0n) is 18.2. The third-order valence-electron chi connectivity index (χ3n) is 6.89. The van der Waals surface area contributed by atoms with Gasteiger partial charge in [0.1, 0.15) is 11.6 Å². The minimum Gasteiger partial charge on any atom is -0.368 e. The number of hydrogen-bond donors (Lipinski definition) is 1. The number of alkyl halides is 3. The van der Waals surface area contributed by atoms with E-state index in [0.717, 1.165) is 25.1 Å². The van der Waals surface area contributed by atoms with Crippen LogP contribution >= 0.6 is 0 Å². The molecule has 1 aliphatic carbocycles. The van der Waals surface area contributed by atoms with E-state index < -0.39 is 17.6 Å². The van der Waals surface area contributed by atoms with Crippen molar-refractivity contribution in [3.63, 3.8) is 0 Å². The second-order valence-electron chi connectivity index (χ2n) is 8.81. The Morgan fingerprint density at radius 3 is 2.53 bits per heavy atom. The third kappa shape index (κ3) is 3.99. The standard InChI is InChI=1S/C23H22F4N6O/c1-13-14-8-17(9-14)32(20(13)12-29-21-5-2-15(11-28-21)23(25,26)27)22(34)18-10-16(24)3-4-19(18)33-30-6-7-31-33/h2-7,10-11,13-14,17,20H,8-9,12H2,1H3,(H,28,29)/t13-,14?,17?,20-/m0/s1. The van der Waals surface area contributed by atoms with Crippen molar-refractivity contribution in [2.75, 3.05) is 11.9 Å². The second-order valence-corrected chi connectivity index (χ2v) is 8.81. The average Bonchev–Trinajstić information content (AvgIpc) is 3.31. The minimum absolute atomic E-state index is 0.0164. The van der Waals surface area contributed by atoms with Gasteiger partial charge in [-0.1, -0.05) is 6.92 Å². The fraction of sp³-hybridized carbons (Fsp3) is 0.391. The van der Waals surface area contributed by atoms with Gasteiger partial charge < -0.3 is 10.2 Å². The highest BCUT2D eigenvalue weighted by Gasteiger charge is 2.50. The van der Waals surface area contributed by atoms with E-state index in [1.807, 2.05) is 0 Å². The number of piperidine rings is 2. The van der Waals surface area contributed by atoms with Gasteiger partial charge in [0.2, 0.25) is 0 Å². The van der Waals surface area contributed by atoms with Crippen molar-refractivity contribution >= 4 is 11.7 Å². The fourth-order valence-electron chi connectivity index (χ4n) is 4.93. The van der Waals surface area contributed by atoms with Crippen molar-refractivity contribution in [2.45, 2.75) is 38.0 Å². The maximum absolute atomic E-state index is 14.2. The number of aromatic nitrogens is 4. The first-order valence-corrected chi connectivity index (χ1v) is 11.0. The van der Waals surface area contributed by atoms with Gasteiger partial charge in [-0.3, -0.25) is 4.79 Å². The molecule has 1 N–H and O–H groups in total. The van der Waals surface area contributed by atoms with Crippen LogP contribution in [0.1, 0.15) is 35.7 Å². The molecule has 4 heterocycles. The highest BCUT2D eigenvalue weighted by atomic mass is 19.4. The summed E-state index contributed by atoms with van der Waals surface area (Å²) in [5, 5.41) is 11.2. The maximum Gasteiger partial charge on any atom is 0.417 e. The Bertz CT molecular complexity index is 1180. The van der Waals surface area contributed by atoms with Crippen LogP contribution in [0.4, 0.5) is 23.4 Å². The predicted octanol–water partition coefficient (Wildman–Crippen LogP) is 4.17. The molecule has 3 aromatic rings. The van der Waals surface area contributed by atoms with Gasteiger partial charge in [-0.15, -0.1) is 0 Å². The number of benzene rings is 1. The van der Waals surface area contributed by atoms with Gasteiger partial charge in [0.15, 0.2) is 0 Å². The summed E-state index contributed by atoms with van der Waals surface area (Å²) in [4.78, 5) is 20.7. The Labute approximate surface area is 192 Å². The summed E-state index contributed by atoms with van der Waals surface area (Å²) in [6.45, 7) is 2.37. The van der Waals surface area contributed by atoms with E-state index >= 15 is 0 Å². The molecule has 6 rings (SSSR count). The Morgan fingerprint density at radius 1 is 1.15 bits per heavy atom. The molecule has 34 heavy (non-hydrogen) atoms. The number of carbonyl (C=O) groups is 1. The average molecular weight is 474 g/mol. The monoisotopic (exact) mass is 474 g/mol. The maximum atomic E-state index is 14.2. The molecular formula is C23H22F4N6O. The van der Waals surface area contributed by atoms with Crippen molar-refractivity contribution in [3.05, 3.63) is 65.9 Å². The quantitative estimate of drug-likeness (QED) is 0.562. The molecule has 0 spiro atoms. The number of halogens is 4. The molecule has 1 aromatic carbocycles. The molecular weight excluding hydrogens is 452 g/mol. The molecule has 2 atom stereocenters. The number of carbonyl (C=O) groups excluding carboxylic acids is 1. The van der Waals surface area contributed by atoms with E-state index in [2.05, 4.69) is 27.4 Å². The smallest absolute Gasteiger partial charge is 0.368 e. The zero-order chi connectivity index (χ0) is 24.0. The molecule has 0 radical (unpaired) electrons. The Morgan fingerprint density at radius 2 is 1.88 bits per heavy atom. The van der Waals surface area contributed by atoms with Crippen LogP contribution in [0.15, 0.2) is 48.9 Å². The predicted molar refractivity (Wildman–Crippen MR) is 115 cm³/mol. The molecule has 178 valence electrons. The highest BCUT2D eigenvalue weighted by molar-refractivity contribution is 5.98. The lowest BCUT2D eigenvalue weighted by atomic mass is 9.64. The van der Waals surface area contributed by atoms with E-state index in [9.17, 15) is 22.4 Å². The van der Waals surface area contributed by atoms with Gasteiger partial charge >= 0.3 is 6.18 Å².